The van der Waals surface area contributed by atoms with E-state index in [-0.39, 0.29) is 10.9 Å². The van der Waals surface area contributed by atoms with Gasteiger partial charge in [-0.3, -0.25) is 0 Å². The minimum absolute atomic E-state index is 0.127. The molecule has 108 valence electrons. The van der Waals surface area contributed by atoms with Crippen molar-refractivity contribution in [3.63, 3.8) is 0 Å². The lowest BCUT2D eigenvalue weighted by Gasteiger charge is -2.18. The molecule has 1 aromatic heterocycles. The van der Waals surface area contributed by atoms with E-state index < -0.39 is 9.84 Å². The molecular formula is C14H16ClNO2S2. The summed E-state index contributed by atoms with van der Waals surface area (Å²) in [5.41, 5.74) is 0.648. The molecule has 0 aliphatic heterocycles. The molecule has 1 aromatic carbocycles. The number of hydrogen-bond acceptors (Lipinski definition) is 4. The van der Waals surface area contributed by atoms with Crippen LogP contribution in [-0.2, 0) is 9.84 Å². The summed E-state index contributed by atoms with van der Waals surface area (Å²) in [6.07, 6.45) is 2.08. The lowest BCUT2D eigenvalue weighted by Crippen LogP contribution is -2.09. The summed E-state index contributed by atoms with van der Waals surface area (Å²) in [4.78, 5) is 1.47. The summed E-state index contributed by atoms with van der Waals surface area (Å²) in [5, 5.41) is 5.87. The van der Waals surface area contributed by atoms with Crippen molar-refractivity contribution in [1.29, 1.82) is 0 Å². The third kappa shape index (κ3) is 3.53. The van der Waals surface area contributed by atoms with E-state index in [1.807, 2.05) is 11.4 Å². The number of thiophene rings is 1. The van der Waals surface area contributed by atoms with Crippen molar-refractivity contribution in [3.05, 3.63) is 45.6 Å². The number of hydrogen-bond donors (Lipinski definition) is 1. The largest absolute Gasteiger partial charge is 0.376 e. The topological polar surface area (TPSA) is 46.2 Å². The van der Waals surface area contributed by atoms with Crippen LogP contribution in [0, 0.1) is 0 Å². The van der Waals surface area contributed by atoms with Gasteiger partial charge in [0, 0.05) is 11.1 Å². The average Bonchev–Trinajstić information content (AvgIpc) is 2.90. The molecule has 0 aliphatic rings. The van der Waals surface area contributed by atoms with E-state index in [1.54, 1.807) is 23.5 Å². The third-order valence-electron chi connectivity index (χ3n) is 2.99. The van der Waals surface area contributed by atoms with E-state index in [4.69, 9.17) is 11.6 Å². The van der Waals surface area contributed by atoms with Crippen LogP contribution in [0.5, 0.6) is 0 Å². The van der Waals surface area contributed by atoms with E-state index in [0.29, 0.717) is 10.7 Å². The molecule has 0 saturated heterocycles. The van der Waals surface area contributed by atoms with Gasteiger partial charge in [0.05, 0.1) is 21.6 Å². The zero-order valence-electron chi connectivity index (χ0n) is 11.3. The van der Waals surface area contributed by atoms with Crippen molar-refractivity contribution in [2.24, 2.45) is 0 Å². The van der Waals surface area contributed by atoms with Gasteiger partial charge in [-0.05, 0) is 36.1 Å². The summed E-state index contributed by atoms with van der Waals surface area (Å²) in [7, 11) is -3.23. The summed E-state index contributed by atoms with van der Waals surface area (Å²) in [5.74, 6) is 0. The minimum atomic E-state index is -3.23. The third-order valence-corrected chi connectivity index (χ3v) is 5.42. The molecule has 0 bridgehead atoms. The quantitative estimate of drug-likeness (QED) is 0.886. The highest BCUT2D eigenvalue weighted by atomic mass is 35.5. The Bertz CT molecular complexity index is 681. The van der Waals surface area contributed by atoms with E-state index in [9.17, 15) is 8.42 Å². The molecule has 0 radical (unpaired) electrons. The van der Waals surface area contributed by atoms with Crippen molar-refractivity contribution in [3.8, 4) is 0 Å². The van der Waals surface area contributed by atoms with E-state index in [0.717, 1.165) is 6.42 Å². The van der Waals surface area contributed by atoms with Crippen LogP contribution < -0.4 is 5.32 Å². The van der Waals surface area contributed by atoms with Gasteiger partial charge in [0.25, 0.3) is 0 Å². The van der Waals surface area contributed by atoms with Crippen LogP contribution in [0.3, 0.4) is 0 Å². The molecule has 20 heavy (non-hydrogen) atoms. The second kappa shape index (κ2) is 6.16. The van der Waals surface area contributed by atoms with Crippen molar-refractivity contribution >= 4 is 38.5 Å². The maximum absolute atomic E-state index is 11.6. The monoisotopic (exact) mass is 329 g/mol. The Labute approximate surface area is 128 Å². The maximum Gasteiger partial charge on any atom is 0.175 e. The molecule has 6 heteroatoms. The first kappa shape index (κ1) is 15.4. The number of halogens is 1. The molecule has 0 saturated carbocycles. The van der Waals surface area contributed by atoms with Crippen LogP contribution >= 0.6 is 22.9 Å². The van der Waals surface area contributed by atoms with Crippen LogP contribution in [-0.4, -0.2) is 14.7 Å². The lowest BCUT2D eigenvalue weighted by molar-refractivity contribution is 0.602. The number of sulfone groups is 1. The SMILES string of the molecule is CCC(Nc1cc(S(C)(=O)=O)ccc1Cl)c1cccs1. The molecule has 1 N–H and O–H groups in total. The van der Waals surface area contributed by atoms with Crippen LogP contribution in [0.25, 0.3) is 0 Å². The van der Waals surface area contributed by atoms with Crippen molar-refractivity contribution in [2.75, 3.05) is 11.6 Å². The van der Waals surface area contributed by atoms with Gasteiger partial charge < -0.3 is 5.32 Å². The van der Waals surface area contributed by atoms with Crippen molar-refractivity contribution < 1.29 is 8.42 Å². The first-order valence-corrected chi connectivity index (χ1v) is 9.36. The van der Waals surface area contributed by atoms with Gasteiger partial charge in [0.15, 0.2) is 9.84 Å². The van der Waals surface area contributed by atoms with Gasteiger partial charge in [-0.15, -0.1) is 11.3 Å². The van der Waals surface area contributed by atoms with Gasteiger partial charge in [-0.2, -0.15) is 0 Å². The molecule has 2 rings (SSSR count). The molecular weight excluding hydrogens is 314 g/mol. The highest BCUT2D eigenvalue weighted by molar-refractivity contribution is 7.90. The Morgan fingerprint density at radius 3 is 2.65 bits per heavy atom. The molecule has 0 amide bonds. The van der Waals surface area contributed by atoms with Crippen LogP contribution in [0.4, 0.5) is 5.69 Å². The molecule has 1 heterocycles. The number of benzene rings is 1. The first-order chi connectivity index (χ1) is 9.41. The van der Waals surface area contributed by atoms with Crippen molar-refractivity contribution in [1.82, 2.24) is 0 Å². The fourth-order valence-corrected chi connectivity index (χ4v) is 3.58. The summed E-state index contributed by atoms with van der Waals surface area (Å²) < 4.78 is 23.2. The summed E-state index contributed by atoms with van der Waals surface area (Å²) in [6.45, 7) is 2.08. The second-order valence-electron chi connectivity index (χ2n) is 4.53. The Balaban J connectivity index is 2.33. The van der Waals surface area contributed by atoms with Crippen molar-refractivity contribution in [2.45, 2.75) is 24.3 Å². The second-order valence-corrected chi connectivity index (χ2v) is 7.94. The van der Waals surface area contributed by atoms with Crippen LogP contribution in [0.15, 0.2) is 40.6 Å². The van der Waals surface area contributed by atoms with Gasteiger partial charge in [0.1, 0.15) is 0 Å². The Morgan fingerprint density at radius 1 is 1.35 bits per heavy atom. The van der Waals surface area contributed by atoms with Gasteiger partial charge in [-0.25, -0.2) is 8.42 Å². The maximum atomic E-state index is 11.6. The fraction of sp³-hybridized carbons (Fsp3) is 0.286. The Hall–Kier alpha value is -1.04. The Kier molecular flexibility index (Phi) is 4.73. The smallest absolute Gasteiger partial charge is 0.175 e. The predicted octanol–water partition coefficient (Wildman–Crippen LogP) is 4.37. The lowest BCUT2D eigenvalue weighted by atomic mass is 10.1. The number of anilines is 1. The highest BCUT2D eigenvalue weighted by Gasteiger charge is 2.14. The number of nitrogens with one attached hydrogen (secondary N) is 1. The van der Waals surface area contributed by atoms with Crippen LogP contribution in [0.1, 0.15) is 24.3 Å². The standard InChI is InChI=1S/C14H16ClNO2S2/c1-3-12(14-5-4-8-19-14)16-13-9-10(20(2,17)18)6-7-11(13)15/h4-9,12,16H,3H2,1-2H3. The summed E-state index contributed by atoms with van der Waals surface area (Å²) in [6, 6.07) is 8.91. The van der Waals surface area contributed by atoms with Gasteiger partial charge in [-0.1, -0.05) is 24.6 Å². The zero-order chi connectivity index (χ0) is 14.8. The van der Waals surface area contributed by atoms with E-state index in [1.165, 1.54) is 17.2 Å². The molecule has 1 atom stereocenters. The average molecular weight is 330 g/mol. The molecule has 0 spiro atoms. The minimum Gasteiger partial charge on any atom is -0.376 e. The zero-order valence-corrected chi connectivity index (χ0v) is 13.6. The molecule has 0 aliphatic carbocycles. The molecule has 3 nitrogen and oxygen atoms in total. The first-order valence-electron chi connectivity index (χ1n) is 6.21. The normalized spacial score (nSPS) is 13.2. The molecule has 2 aromatic rings. The fourth-order valence-electron chi connectivity index (χ4n) is 1.90. The van der Waals surface area contributed by atoms with Gasteiger partial charge in [0.2, 0.25) is 0 Å². The van der Waals surface area contributed by atoms with Gasteiger partial charge >= 0.3 is 0 Å². The number of rotatable bonds is 5. The molecule has 1 unspecified atom stereocenters. The van der Waals surface area contributed by atoms with E-state index in [2.05, 4.69) is 18.3 Å². The van der Waals surface area contributed by atoms with Crippen LogP contribution in [0.2, 0.25) is 5.02 Å². The van der Waals surface area contributed by atoms with E-state index >= 15 is 0 Å². The molecule has 0 fully saturated rings. The summed E-state index contributed by atoms with van der Waals surface area (Å²) >= 11 is 7.82. The highest BCUT2D eigenvalue weighted by Crippen LogP contribution is 2.31. The Morgan fingerprint density at radius 2 is 2.10 bits per heavy atom. The predicted molar refractivity (Wildman–Crippen MR) is 85.5 cm³/mol.